The number of carbonyl (C=O) groups is 1. The average Bonchev–Trinajstić information content (AvgIpc) is 3.22. The van der Waals surface area contributed by atoms with Crippen molar-refractivity contribution in [2.75, 3.05) is 6.26 Å². The van der Waals surface area contributed by atoms with Gasteiger partial charge in [-0.3, -0.25) is 4.79 Å². The molecule has 1 aliphatic rings. The molecule has 0 aliphatic heterocycles. The summed E-state index contributed by atoms with van der Waals surface area (Å²) in [5.41, 5.74) is -1.02. The average molecular weight is 326 g/mol. The second-order valence-corrected chi connectivity index (χ2v) is 6.68. The minimum atomic E-state index is -4.05. The van der Waals surface area contributed by atoms with Crippen LogP contribution >= 0.6 is 0 Å². The maximum absolute atomic E-state index is 13.3. The van der Waals surface area contributed by atoms with Crippen LogP contribution in [0.4, 0.5) is 4.39 Å². The zero-order valence-corrected chi connectivity index (χ0v) is 12.3. The van der Waals surface area contributed by atoms with Gasteiger partial charge >= 0.3 is 16.1 Å². The summed E-state index contributed by atoms with van der Waals surface area (Å²) in [5, 5.41) is -0.0881. The highest BCUT2D eigenvalue weighted by atomic mass is 32.2. The summed E-state index contributed by atoms with van der Waals surface area (Å²) in [5.74, 6) is -2.01. The highest BCUT2D eigenvalue weighted by molar-refractivity contribution is 7.86. The lowest BCUT2D eigenvalue weighted by molar-refractivity contribution is 0.0746. The third-order valence-electron chi connectivity index (χ3n) is 3.22. The van der Waals surface area contributed by atoms with E-state index in [1.807, 2.05) is 0 Å². The van der Waals surface area contributed by atoms with Gasteiger partial charge in [-0.25, -0.2) is 14.2 Å². The van der Waals surface area contributed by atoms with Gasteiger partial charge < -0.3 is 8.75 Å². The molecule has 0 radical (unpaired) electrons. The van der Waals surface area contributed by atoms with E-state index in [-0.39, 0.29) is 17.1 Å². The van der Waals surface area contributed by atoms with E-state index in [2.05, 4.69) is 9.17 Å². The number of hydrogen-bond donors (Lipinski definition) is 0. The highest BCUT2D eigenvalue weighted by Crippen LogP contribution is 2.36. The largest absolute Gasteiger partial charge is 0.359 e. The number of halogens is 1. The van der Waals surface area contributed by atoms with Crippen LogP contribution in [0.1, 0.15) is 29.2 Å². The second kappa shape index (κ2) is 4.87. The van der Waals surface area contributed by atoms with Gasteiger partial charge in [0, 0.05) is 12.2 Å². The number of aromatic nitrogens is 2. The van der Waals surface area contributed by atoms with Gasteiger partial charge in [0.25, 0.3) is 0 Å². The van der Waals surface area contributed by atoms with E-state index in [0.29, 0.717) is 6.26 Å². The SMILES string of the molecule is CS(=O)(=O)OC(=O)c1cn(C2CC2)c2ncc(F)cc2c1=O. The maximum atomic E-state index is 13.3. The summed E-state index contributed by atoms with van der Waals surface area (Å²) in [6, 6.07) is 1.02. The summed E-state index contributed by atoms with van der Waals surface area (Å²) in [6.45, 7) is 0. The number of fused-ring (bicyclic) bond motifs is 1. The number of hydrogen-bond acceptors (Lipinski definition) is 6. The van der Waals surface area contributed by atoms with E-state index < -0.39 is 32.9 Å². The lowest BCUT2D eigenvalue weighted by Crippen LogP contribution is -2.23. The molecule has 7 nitrogen and oxygen atoms in total. The molecule has 1 fully saturated rings. The first-order valence-electron chi connectivity index (χ1n) is 6.40. The molecule has 3 rings (SSSR count). The van der Waals surface area contributed by atoms with Crippen molar-refractivity contribution in [2.24, 2.45) is 0 Å². The van der Waals surface area contributed by atoms with Gasteiger partial charge in [-0.15, -0.1) is 0 Å². The fraction of sp³-hybridized carbons (Fsp3) is 0.308. The molecule has 2 aromatic heterocycles. The minimum absolute atomic E-state index is 0.0471. The molecule has 9 heteroatoms. The molecule has 0 bridgehead atoms. The summed E-state index contributed by atoms with van der Waals surface area (Å²) in [4.78, 5) is 28.1. The fourth-order valence-electron chi connectivity index (χ4n) is 2.17. The summed E-state index contributed by atoms with van der Waals surface area (Å²) >= 11 is 0. The number of nitrogens with zero attached hydrogens (tertiary/aromatic N) is 2. The first-order chi connectivity index (χ1) is 10.3. The molecule has 0 amide bonds. The molecule has 1 saturated carbocycles. The summed E-state index contributed by atoms with van der Waals surface area (Å²) in [6.07, 6.45) is 4.57. The first-order valence-corrected chi connectivity index (χ1v) is 8.22. The van der Waals surface area contributed by atoms with E-state index in [1.165, 1.54) is 6.20 Å². The predicted octanol–water partition coefficient (Wildman–Crippen LogP) is 0.987. The van der Waals surface area contributed by atoms with Gasteiger partial charge in [0.2, 0.25) is 5.43 Å². The van der Waals surface area contributed by atoms with Gasteiger partial charge in [0.1, 0.15) is 17.0 Å². The Hall–Kier alpha value is -2.29. The summed E-state index contributed by atoms with van der Waals surface area (Å²) in [7, 11) is -4.05. The van der Waals surface area contributed by atoms with Crippen LogP contribution in [0.2, 0.25) is 0 Å². The maximum Gasteiger partial charge on any atom is 0.359 e. The Morgan fingerprint density at radius 1 is 1.45 bits per heavy atom. The normalized spacial score (nSPS) is 15.0. The molecular weight excluding hydrogens is 315 g/mol. The molecule has 2 heterocycles. The third kappa shape index (κ3) is 2.71. The Morgan fingerprint density at radius 3 is 2.73 bits per heavy atom. The van der Waals surface area contributed by atoms with E-state index in [0.717, 1.165) is 25.1 Å². The van der Waals surface area contributed by atoms with Crippen molar-refractivity contribution in [2.45, 2.75) is 18.9 Å². The van der Waals surface area contributed by atoms with Gasteiger partial charge in [0.05, 0.1) is 17.8 Å². The van der Waals surface area contributed by atoms with Gasteiger partial charge in [-0.1, -0.05) is 0 Å². The van der Waals surface area contributed by atoms with E-state index >= 15 is 0 Å². The molecule has 0 spiro atoms. The van der Waals surface area contributed by atoms with Gasteiger partial charge in [-0.2, -0.15) is 8.42 Å². The van der Waals surface area contributed by atoms with Crippen LogP contribution in [-0.4, -0.2) is 30.2 Å². The van der Waals surface area contributed by atoms with Crippen LogP contribution in [0.3, 0.4) is 0 Å². The lowest BCUT2D eigenvalue weighted by atomic mass is 10.2. The summed E-state index contributed by atoms with van der Waals surface area (Å²) < 4.78 is 41.3. The number of carbonyl (C=O) groups excluding carboxylic acids is 1. The van der Waals surface area contributed by atoms with Crippen molar-refractivity contribution < 1.29 is 21.8 Å². The molecular formula is C13H11FN2O5S. The topological polar surface area (TPSA) is 95.3 Å². The van der Waals surface area contributed by atoms with Crippen molar-refractivity contribution >= 4 is 27.1 Å². The van der Waals surface area contributed by atoms with Crippen molar-refractivity contribution in [1.29, 1.82) is 0 Å². The molecule has 0 N–H and O–H groups in total. The predicted molar refractivity (Wildman–Crippen MR) is 74.5 cm³/mol. The number of pyridine rings is 2. The zero-order valence-electron chi connectivity index (χ0n) is 11.4. The van der Waals surface area contributed by atoms with Gasteiger partial charge in [-0.05, 0) is 18.9 Å². The Kier molecular flexibility index (Phi) is 3.24. The van der Waals surface area contributed by atoms with Crippen molar-refractivity contribution in [3.05, 3.63) is 40.1 Å². The first kappa shape index (κ1) is 14.6. The standard InChI is InChI=1S/C13H11FN2O5S/c1-22(19,20)21-13(18)10-6-16(8-2-3-8)12-9(11(10)17)4-7(14)5-15-12/h4-6,8H,2-3H2,1H3. The molecule has 0 atom stereocenters. The Labute approximate surface area is 124 Å². The monoisotopic (exact) mass is 326 g/mol. The van der Waals surface area contributed by atoms with Crippen molar-refractivity contribution in [3.63, 3.8) is 0 Å². The quantitative estimate of drug-likeness (QED) is 0.781. The van der Waals surface area contributed by atoms with E-state index in [1.54, 1.807) is 4.57 Å². The van der Waals surface area contributed by atoms with Crippen LogP contribution in [-0.2, 0) is 14.3 Å². The number of rotatable bonds is 3. The molecule has 0 saturated heterocycles. The third-order valence-corrected chi connectivity index (χ3v) is 3.68. The van der Waals surface area contributed by atoms with Crippen molar-refractivity contribution in [3.8, 4) is 0 Å². The zero-order chi connectivity index (χ0) is 16.1. The van der Waals surface area contributed by atoms with Crippen molar-refractivity contribution in [1.82, 2.24) is 9.55 Å². The minimum Gasteiger partial charge on any atom is -0.341 e. The van der Waals surface area contributed by atoms with Crippen LogP contribution in [0.25, 0.3) is 11.0 Å². The molecule has 116 valence electrons. The van der Waals surface area contributed by atoms with Crippen LogP contribution in [0, 0.1) is 5.82 Å². The fourth-order valence-corrected chi connectivity index (χ4v) is 2.53. The van der Waals surface area contributed by atoms with Crippen LogP contribution in [0.5, 0.6) is 0 Å². The van der Waals surface area contributed by atoms with Crippen LogP contribution in [0.15, 0.2) is 23.3 Å². The van der Waals surface area contributed by atoms with E-state index in [9.17, 15) is 22.4 Å². The van der Waals surface area contributed by atoms with E-state index in [4.69, 9.17) is 0 Å². The molecule has 1 aliphatic carbocycles. The Morgan fingerprint density at radius 2 is 2.14 bits per heavy atom. The molecule has 2 aromatic rings. The molecule has 0 aromatic carbocycles. The van der Waals surface area contributed by atoms with Crippen LogP contribution < -0.4 is 5.43 Å². The van der Waals surface area contributed by atoms with Gasteiger partial charge in [0.15, 0.2) is 0 Å². The Balaban J connectivity index is 2.25. The second-order valence-electron chi connectivity index (χ2n) is 5.11. The lowest BCUT2D eigenvalue weighted by Gasteiger charge is -2.11. The molecule has 22 heavy (non-hydrogen) atoms. The smallest absolute Gasteiger partial charge is 0.341 e. The highest BCUT2D eigenvalue weighted by Gasteiger charge is 2.28. The molecule has 0 unspecified atom stereocenters. The Bertz CT molecular complexity index is 947.